The fourth-order valence-corrected chi connectivity index (χ4v) is 4.67. The number of aromatic nitrogens is 1. The van der Waals surface area contributed by atoms with Gasteiger partial charge in [-0.3, -0.25) is 9.78 Å². The number of aryl methyl sites for hydroxylation is 1. The van der Waals surface area contributed by atoms with Crippen molar-refractivity contribution in [2.45, 2.75) is 37.6 Å². The third kappa shape index (κ3) is 3.37. The highest BCUT2D eigenvalue weighted by atomic mass is 32.2. The van der Waals surface area contributed by atoms with Crippen molar-refractivity contribution >= 4 is 21.6 Å². The quantitative estimate of drug-likeness (QED) is 0.826. The fraction of sp³-hybridized carbons (Fsp3) is 0.368. The summed E-state index contributed by atoms with van der Waals surface area (Å²) in [5.41, 5.74) is 2.54. The van der Waals surface area contributed by atoms with Crippen molar-refractivity contribution in [3.63, 3.8) is 0 Å². The van der Waals surface area contributed by atoms with E-state index in [0.717, 1.165) is 29.7 Å². The number of carbonyl (C=O) groups is 1. The summed E-state index contributed by atoms with van der Waals surface area (Å²) in [7, 11) is -2.08. The maximum absolute atomic E-state index is 13.1. The molecule has 7 heteroatoms. The molecule has 0 N–H and O–H groups in total. The smallest absolute Gasteiger partial charge is 0.243 e. The second-order valence-corrected chi connectivity index (χ2v) is 8.55. The lowest BCUT2D eigenvalue weighted by Crippen LogP contribution is -2.34. The predicted molar refractivity (Wildman–Crippen MR) is 100 cm³/mol. The Morgan fingerprint density at radius 3 is 2.73 bits per heavy atom. The monoisotopic (exact) mass is 373 g/mol. The Kier molecular flexibility index (Phi) is 5.11. The van der Waals surface area contributed by atoms with Gasteiger partial charge in [0.2, 0.25) is 15.9 Å². The van der Waals surface area contributed by atoms with Crippen LogP contribution in [0.1, 0.15) is 37.4 Å². The lowest BCUT2D eigenvalue weighted by molar-refractivity contribution is -0.116. The van der Waals surface area contributed by atoms with Crippen LogP contribution in [0.5, 0.6) is 0 Å². The molecule has 1 unspecified atom stereocenters. The second-order valence-electron chi connectivity index (χ2n) is 6.55. The molecule has 0 spiro atoms. The van der Waals surface area contributed by atoms with Crippen molar-refractivity contribution in [1.29, 1.82) is 0 Å². The van der Waals surface area contributed by atoms with E-state index in [0.29, 0.717) is 6.54 Å². The lowest BCUT2D eigenvalue weighted by Gasteiger charge is -2.30. The summed E-state index contributed by atoms with van der Waals surface area (Å²) in [6.45, 7) is 4.04. The molecule has 138 valence electrons. The van der Waals surface area contributed by atoms with Crippen molar-refractivity contribution in [2.75, 3.05) is 18.5 Å². The number of fused-ring (bicyclic) bond motifs is 1. The largest absolute Gasteiger partial charge is 0.312 e. The number of pyridine rings is 1. The van der Waals surface area contributed by atoms with E-state index in [1.54, 1.807) is 48.6 Å². The maximum atomic E-state index is 13.1. The Hall–Kier alpha value is -2.25. The van der Waals surface area contributed by atoms with Gasteiger partial charge < -0.3 is 4.90 Å². The van der Waals surface area contributed by atoms with Gasteiger partial charge in [-0.2, -0.15) is 4.31 Å². The number of hydrogen-bond donors (Lipinski definition) is 0. The number of rotatable bonds is 4. The number of benzene rings is 1. The van der Waals surface area contributed by atoms with E-state index in [1.165, 1.54) is 11.2 Å². The van der Waals surface area contributed by atoms with Crippen LogP contribution in [0.15, 0.2) is 47.6 Å². The summed E-state index contributed by atoms with van der Waals surface area (Å²) in [5.74, 6) is -0.0242. The minimum atomic E-state index is -3.66. The minimum Gasteiger partial charge on any atom is -0.312 e. The Bertz CT molecular complexity index is 913. The molecule has 1 aromatic carbocycles. The van der Waals surface area contributed by atoms with Crippen LogP contribution >= 0.6 is 0 Å². The standard InChI is InChI=1S/C19H23N3O3S/c1-14(17-6-4-10-20-13-17)21(3)26(24,25)18-8-9-19-16(12-18)7-5-11-22(19)15(2)23/h4,6,8-10,12-14H,5,7,11H2,1-3H3. The van der Waals surface area contributed by atoms with Crippen LogP contribution < -0.4 is 4.90 Å². The van der Waals surface area contributed by atoms with Crippen molar-refractivity contribution in [2.24, 2.45) is 0 Å². The third-order valence-electron chi connectivity index (χ3n) is 4.94. The van der Waals surface area contributed by atoms with Crippen LogP contribution in [0.2, 0.25) is 0 Å². The zero-order valence-corrected chi connectivity index (χ0v) is 16.0. The molecule has 26 heavy (non-hydrogen) atoms. The maximum Gasteiger partial charge on any atom is 0.243 e. The van der Waals surface area contributed by atoms with Gasteiger partial charge in [0.25, 0.3) is 0 Å². The molecule has 1 aromatic heterocycles. The molecule has 1 atom stereocenters. The van der Waals surface area contributed by atoms with Gasteiger partial charge in [0.15, 0.2) is 0 Å². The van der Waals surface area contributed by atoms with Crippen LogP contribution in [-0.4, -0.2) is 37.2 Å². The van der Waals surface area contributed by atoms with Crippen molar-refractivity contribution in [3.8, 4) is 0 Å². The molecule has 0 saturated heterocycles. The molecule has 6 nitrogen and oxygen atoms in total. The van der Waals surface area contributed by atoms with E-state index in [2.05, 4.69) is 4.98 Å². The van der Waals surface area contributed by atoms with Crippen LogP contribution in [0.4, 0.5) is 5.69 Å². The summed E-state index contributed by atoms with van der Waals surface area (Å²) in [6, 6.07) is 8.35. The Morgan fingerprint density at radius 1 is 1.31 bits per heavy atom. The summed E-state index contributed by atoms with van der Waals surface area (Å²) >= 11 is 0. The molecule has 2 aromatic rings. The highest BCUT2D eigenvalue weighted by molar-refractivity contribution is 7.89. The van der Waals surface area contributed by atoms with Crippen LogP contribution in [0, 0.1) is 0 Å². The first-order valence-electron chi connectivity index (χ1n) is 8.61. The van der Waals surface area contributed by atoms with Crippen molar-refractivity contribution in [3.05, 3.63) is 53.9 Å². The number of amides is 1. The number of sulfonamides is 1. The molecule has 1 aliphatic heterocycles. The van der Waals surface area contributed by atoms with Crippen LogP contribution in [0.3, 0.4) is 0 Å². The predicted octanol–water partition coefficient (Wildman–Crippen LogP) is 2.76. The van der Waals surface area contributed by atoms with Crippen LogP contribution in [0.25, 0.3) is 0 Å². The van der Waals surface area contributed by atoms with E-state index in [4.69, 9.17) is 0 Å². The van der Waals surface area contributed by atoms with Gasteiger partial charge in [-0.25, -0.2) is 8.42 Å². The van der Waals surface area contributed by atoms with Crippen molar-refractivity contribution in [1.82, 2.24) is 9.29 Å². The van der Waals surface area contributed by atoms with Gasteiger partial charge in [0.1, 0.15) is 0 Å². The molecular formula is C19H23N3O3S. The Balaban J connectivity index is 1.94. The zero-order valence-electron chi connectivity index (χ0n) is 15.2. The van der Waals surface area contributed by atoms with E-state index >= 15 is 0 Å². The first-order valence-corrected chi connectivity index (χ1v) is 10.1. The fourth-order valence-electron chi connectivity index (χ4n) is 3.27. The topological polar surface area (TPSA) is 70.6 Å². The first-order chi connectivity index (χ1) is 12.3. The molecule has 0 bridgehead atoms. The number of hydrogen-bond acceptors (Lipinski definition) is 4. The first kappa shape index (κ1) is 18.5. The van der Waals surface area contributed by atoms with Gasteiger partial charge >= 0.3 is 0 Å². The summed E-state index contributed by atoms with van der Waals surface area (Å²) in [4.78, 5) is 17.8. The number of carbonyl (C=O) groups excluding carboxylic acids is 1. The van der Waals surface area contributed by atoms with E-state index < -0.39 is 10.0 Å². The van der Waals surface area contributed by atoms with E-state index in [9.17, 15) is 13.2 Å². The van der Waals surface area contributed by atoms with E-state index in [1.807, 2.05) is 13.0 Å². The molecule has 0 saturated carbocycles. The molecule has 0 radical (unpaired) electrons. The molecule has 0 fully saturated rings. The SMILES string of the molecule is CC(=O)N1CCCc2cc(S(=O)(=O)N(C)C(C)c3cccnc3)ccc21. The normalized spacial score (nSPS) is 15.6. The summed E-state index contributed by atoms with van der Waals surface area (Å²) in [5, 5.41) is 0. The van der Waals surface area contributed by atoms with Gasteiger partial charge in [-0.15, -0.1) is 0 Å². The molecule has 1 aliphatic rings. The molecule has 3 rings (SSSR count). The third-order valence-corrected chi connectivity index (χ3v) is 6.86. The van der Waals surface area contributed by atoms with E-state index in [-0.39, 0.29) is 16.8 Å². The minimum absolute atomic E-state index is 0.0242. The lowest BCUT2D eigenvalue weighted by atomic mass is 10.0. The van der Waals surface area contributed by atoms with Gasteiger partial charge in [-0.1, -0.05) is 6.07 Å². The van der Waals surface area contributed by atoms with Crippen molar-refractivity contribution < 1.29 is 13.2 Å². The highest BCUT2D eigenvalue weighted by Gasteiger charge is 2.28. The molecule has 0 aliphatic carbocycles. The zero-order chi connectivity index (χ0) is 18.9. The molecule has 1 amide bonds. The Labute approximate surface area is 154 Å². The number of nitrogens with zero attached hydrogens (tertiary/aromatic N) is 3. The summed E-state index contributed by atoms with van der Waals surface area (Å²) < 4.78 is 27.5. The average Bonchev–Trinajstić information content (AvgIpc) is 2.66. The molecular weight excluding hydrogens is 350 g/mol. The summed E-state index contributed by atoms with van der Waals surface area (Å²) in [6.07, 6.45) is 4.94. The van der Waals surface area contributed by atoms with Gasteiger partial charge in [-0.05, 0) is 55.2 Å². The average molecular weight is 373 g/mol. The Morgan fingerprint density at radius 2 is 2.08 bits per heavy atom. The number of anilines is 1. The second kappa shape index (κ2) is 7.17. The molecule has 2 heterocycles. The van der Waals surface area contributed by atoms with Crippen LogP contribution in [-0.2, 0) is 21.2 Å². The van der Waals surface area contributed by atoms with Gasteiger partial charge in [0.05, 0.1) is 4.90 Å². The van der Waals surface area contributed by atoms with Gasteiger partial charge in [0, 0.05) is 44.6 Å². The highest BCUT2D eigenvalue weighted by Crippen LogP contribution is 2.32.